The standard InChI is InChI=1S/C14H26/c1-13(2)11-9-7-5-6-8-10-12-14(3)4/h1,3,5-12H2,2,4H3. The maximum atomic E-state index is 3.91. The normalized spacial score (nSPS) is 10.1. The zero-order chi connectivity index (χ0) is 10.8. The molecule has 0 aromatic rings. The van der Waals surface area contributed by atoms with E-state index in [1.54, 1.807) is 0 Å². The molecule has 0 atom stereocenters. The van der Waals surface area contributed by atoms with E-state index < -0.39 is 0 Å². The molecule has 0 N–H and O–H groups in total. The van der Waals surface area contributed by atoms with Crippen molar-refractivity contribution in [3.05, 3.63) is 24.3 Å². The Kier molecular flexibility index (Phi) is 8.72. The first-order chi connectivity index (χ1) is 6.63. The van der Waals surface area contributed by atoms with Gasteiger partial charge in [0.15, 0.2) is 0 Å². The first-order valence-electron chi connectivity index (χ1n) is 5.91. The van der Waals surface area contributed by atoms with Crippen LogP contribution in [0.4, 0.5) is 0 Å². The van der Waals surface area contributed by atoms with Crippen LogP contribution in [0.25, 0.3) is 0 Å². The number of hydrogen-bond donors (Lipinski definition) is 0. The molecular formula is C14H26. The fourth-order valence-electron chi connectivity index (χ4n) is 1.56. The van der Waals surface area contributed by atoms with Crippen molar-refractivity contribution in [1.29, 1.82) is 0 Å². The average molecular weight is 194 g/mol. The molecule has 0 heterocycles. The lowest BCUT2D eigenvalue weighted by molar-refractivity contribution is 0.592. The van der Waals surface area contributed by atoms with Crippen LogP contribution in [0.1, 0.15) is 65.2 Å². The van der Waals surface area contributed by atoms with Gasteiger partial charge in [-0.3, -0.25) is 0 Å². The van der Waals surface area contributed by atoms with Gasteiger partial charge in [-0.25, -0.2) is 0 Å². The van der Waals surface area contributed by atoms with Crippen molar-refractivity contribution < 1.29 is 0 Å². The van der Waals surface area contributed by atoms with Crippen LogP contribution in [-0.2, 0) is 0 Å². The van der Waals surface area contributed by atoms with Gasteiger partial charge < -0.3 is 0 Å². The lowest BCUT2D eigenvalue weighted by atomic mass is 10.0. The molecule has 0 heteroatoms. The topological polar surface area (TPSA) is 0 Å². The largest absolute Gasteiger partial charge is 0.100 e. The maximum absolute atomic E-state index is 3.91. The van der Waals surface area contributed by atoms with E-state index in [2.05, 4.69) is 27.0 Å². The predicted octanol–water partition coefficient (Wildman–Crippen LogP) is 5.26. The highest BCUT2D eigenvalue weighted by molar-refractivity contribution is 4.87. The molecule has 0 aliphatic carbocycles. The fraction of sp³-hybridized carbons (Fsp3) is 0.714. The van der Waals surface area contributed by atoms with Crippen molar-refractivity contribution in [2.45, 2.75) is 65.2 Å². The zero-order valence-corrected chi connectivity index (χ0v) is 10.1. The molecule has 0 spiro atoms. The number of allylic oxidation sites excluding steroid dienone is 2. The minimum absolute atomic E-state index is 1.21. The van der Waals surface area contributed by atoms with E-state index >= 15 is 0 Å². The molecule has 0 nitrogen and oxygen atoms in total. The quantitative estimate of drug-likeness (QED) is 0.347. The van der Waals surface area contributed by atoms with Crippen molar-refractivity contribution in [1.82, 2.24) is 0 Å². The maximum Gasteiger partial charge on any atom is -0.0326 e. The summed E-state index contributed by atoms with van der Waals surface area (Å²) in [5.41, 5.74) is 2.65. The van der Waals surface area contributed by atoms with Gasteiger partial charge in [-0.15, -0.1) is 13.2 Å². The molecule has 0 saturated carbocycles. The number of hydrogen-bond acceptors (Lipinski definition) is 0. The molecule has 0 bridgehead atoms. The SMILES string of the molecule is C=C(C)CCCCCCCCC(=C)C. The van der Waals surface area contributed by atoms with Gasteiger partial charge in [-0.05, 0) is 39.5 Å². The second kappa shape index (κ2) is 9.05. The molecule has 0 radical (unpaired) electrons. The summed E-state index contributed by atoms with van der Waals surface area (Å²) in [4.78, 5) is 0. The zero-order valence-electron chi connectivity index (χ0n) is 10.1. The van der Waals surface area contributed by atoms with Crippen molar-refractivity contribution in [2.24, 2.45) is 0 Å². The molecule has 14 heavy (non-hydrogen) atoms. The van der Waals surface area contributed by atoms with Crippen LogP contribution >= 0.6 is 0 Å². The van der Waals surface area contributed by atoms with Crippen LogP contribution in [0, 0.1) is 0 Å². The van der Waals surface area contributed by atoms with E-state index in [1.807, 2.05) is 0 Å². The second-order valence-corrected chi connectivity index (χ2v) is 4.54. The summed E-state index contributed by atoms with van der Waals surface area (Å²) >= 11 is 0. The van der Waals surface area contributed by atoms with Gasteiger partial charge in [0, 0.05) is 0 Å². The monoisotopic (exact) mass is 194 g/mol. The Labute approximate surface area is 90.1 Å². The van der Waals surface area contributed by atoms with Gasteiger partial charge >= 0.3 is 0 Å². The summed E-state index contributed by atoms with van der Waals surface area (Å²) in [6, 6.07) is 0. The minimum Gasteiger partial charge on any atom is -0.100 e. The van der Waals surface area contributed by atoms with E-state index in [4.69, 9.17) is 0 Å². The van der Waals surface area contributed by atoms with Crippen LogP contribution in [0.15, 0.2) is 24.3 Å². The first-order valence-corrected chi connectivity index (χ1v) is 5.91. The van der Waals surface area contributed by atoms with Gasteiger partial charge in [-0.2, -0.15) is 0 Å². The lowest BCUT2D eigenvalue weighted by Gasteiger charge is -2.02. The highest BCUT2D eigenvalue weighted by Gasteiger charge is 1.92. The summed E-state index contributed by atoms with van der Waals surface area (Å²) in [7, 11) is 0. The summed E-state index contributed by atoms with van der Waals surface area (Å²) in [6.45, 7) is 12.1. The van der Waals surface area contributed by atoms with E-state index in [0.717, 1.165) is 0 Å². The van der Waals surface area contributed by atoms with Gasteiger partial charge in [0.2, 0.25) is 0 Å². The highest BCUT2D eigenvalue weighted by Crippen LogP contribution is 2.12. The van der Waals surface area contributed by atoms with E-state index in [1.165, 1.54) is 62.5 Å². The highest BCUT2D eigenvalue weighted by atomic mass is 14.0. The molecule has 0 saturated heterocycles. The molecule has 0 aliphatic heterocycles. The Bertz CT molecular complexity index is 145. The molecule has 0 rings (SSSR count). The summed E-state index contributed by atoms with van der Waals surface area (Å²) in [5.74, 6) is 0. The van der Waals surface area contributed by atoms with Crippen molar-refractivity contribution >= 4 is 0 Å². The van der Waals surface area contributed by atoms with Gasteiger partial charge in [0.05, 0.1) is 0 Å². The third-order valence-corrected chi connectivity index (χ3v) is 2.46. The Morgan fingerprint density at radius 2 is 0.929 bits per heavy atom. The van der Waals surface area contributed by atoms with E-state index in [0.29, 0.717) is 0 Å². The molecular weight excluding hydrogens is 168 g/mol. The molecule has 0 amide bonds. The Morgan fingerprint density at radius 1 is 0.643 bits per heavy atom. The predicted molar refractivity (Wildman–Crippen MR) is 66.6 cm³/mol. The van der Waals surface area contributed by atoms with Crippen molar-refractivity contribution in [3.8, 4) is 0 Å². The number of rotatable bonds is 9. The van der Waals surface area contributed by atoms with E-state index in [9.17, 15) is 0 Å². The van der Waals surface area contributed by atoms with Crippen molar-refractivity contribution in [2.75, 3.05) is 0 Å². The minimum atomic E-state index is 1.21. The van der Waals surface area contributed by atoms with Crippen LogP contribution in [0.3, 0.4) is 0 Å². The van der Waals surface area contributed by atoms with Gasteiger partial charge in [0.1, 0.15) is 0 Å². The lowest BCUT2D eigenvalue weighted by Crippen LogP contribution is -1.82. The van der Waals surface area contributed by atoms with Crippen LogP contribution in [0.2, 0.25) is 0 Å². The average Bonchev–Trinajstić information content (AvgIpc) is 2.08. The van der Waals surface area contributed by atoms with Crippen LogP contribution in [-0.4, -0.2) is 0 Å². The third-order valence-electron chi connectivity index (χ3n) is 2.46. The van der Waals surface area contributed by atoms with Crippen LogP contribution < -0.4 is 0 Å². The van der Waals surface area contributed by atoms with Gasteiger partial charge in [-0.1, -0.05) is 36.8 Å². The summed E-state index contributed by atoms with van der Waals surface area (Å²) < 4.78 is 0. The molecule has 82 valence electrons. The van der Waals surface area contributed by atoms with Crippen molar-refractivity contribution in [3.63, 3.8) is 0 Å². The second-order valence-electron chi connectivity index (χ2n) is 4.54. The summed E-state index contributed by atoms with van der Waals surface area (Å²) in [6.07, 6.45) is 10.6. The number of unbranched alkanes of at least 4 members (excludes halogenated alkanes) is 5. The Balaban J connectivity index is 2.99. The smallest absolute Gasteiger partial charge is 0.0326 e. The molecule has 0 aromatic heterocycles. The molecule has 0 unspecified atom stereocenters. The third kappa shape index (κ3) is 11.5. The molecule has 0 aliphatic rings. The Morgan fingerprint density at radius 3 is 1.21 bits per heavy atom. The van der Waals surface area contributed by atoms with Crippen LogP contribution in [0.5, 0.6) is 0 Å². The Hall–Kier alpha value is -0.520. The van der Waals surface area contributed by atoms with Gasteiger partial charge in [0.25, 0.3) is 0 Å². The molecule has 0 fully saturated rings. The fourth-order valence-corrected chi connectivity index (χ4v) is 1.56. The first kappa shape index (κ1) is 13.5. The molecule has 0 aromatic carbocycles. The van der Waals surface area contributed by atoms with E-state index in [-0.39, 0.29) is 0 Å². The summed E-state index contributed by atoms with van der Waals surface area (Å²) in [5, 5.41) is 0.